The highest BCUT2D eigenvalue weighted by molar-refractivity contribution is 7.93. The molecule has 0 bridgehead atoms. The second-order valence-electron chi connectivity index (χ2n) is 7.95. The van der Waals surface area contributed by atoms with Crippen LogP contribution in [-0.2, 0) is 14.6 Å². The smallest absolute Gasteiger partial charge is 0.265 e. The van der Waals surface area contributed by atoms with Gasteiger partial charge in [0.25, 0.3) is 5.91 Å². The fourth-order valence-electron chi connectivity index (χ4n) is 3.78. The summed E-state index contributed by atoms with van der Waals surface area (Å²) in [4.78, 5) is 14.7. The summed E-state index contributed by atoms with van der Waals surface area (Å²) in [6, 6.07) is 13.8. The average Bonchev–Trinajstić information content (AvgIpc) is 2.75. The molecule has 0 spiro atoms. The molecule has 1 heterocycles. The van der Waals surface area contributed by atoms with Crippen molar-refractivity contribution in [2.45, 2.75) is 49.3 Å². The maximum Gasteiger partial charge on any atom is 0.265 e. The molecule has 1 fully saturated rings. The van der Waals surface area contributed by atoms with Gasteiger partial charge in [-0.2, -0.15) is 0 Å². The number of nitrogens with zero attached hydrogens (tertiary/aromatic N) is 1. The van der Waals surface area contributed by atoms with E-state index in [1.165, 1.54) is 12.1 Å². The summed E-state index contributed by atoms with van der Waals surface area (Å²) in [5.74, 6) is 0.257. The summed E-state index contributed by atoms with van der Waals surface area (Å²) in [6.45, 7) is 6.95. The third kappa shape index (κ3) is 4.21. The highest BCUT2D eigenvalue weighted by Gasteiger charge is 2.53. The number of amides is 1. The molecule has 1 aliphatic rings. The fourth-order valence-corrected chi connectivity index (χ4v) is 5.73. The van der Waals surface area contributed by atoms with E-state index >= 15 is 0 Å². The largest absolute Gasteiger partial charge is 0.457 e. The fraction of sp³-hybridized carbons (Fsp3) is 0.409. The van der Waals surface area contributed by atoms with Gasteiger partial charge in [-0.1, -0.05) is 17.7 Å². The first-order valence-corrected chi connectivity index (χ1v) is 11.5. The Morgan fingerprint density at radius 1 is 1.03 bits per heavy atom. The zero-order chi connectivity index (χ0) is 21.9. The maximum atomic E-state index is 13.5. The number of carbonyl (C=O) groups excluding carboxylic acids is 1. The zero-order valence-corrected chi connectivity index (χ0v) is 18.3. The van der Waals surface area contributed by atoms with Gasteiger partial charge in [-0.3, -0.25) is 10.0 Å². The SMILES string of the molecule is Cc1ccc(Oc2ccc(S(=O)(=O)C3(C(=O)NO)CCN(C(C)C)CC3)cc2)cc1. The Balaban J connectivity index is 1.86. The molecule has 0 saturated carbocycles. The molecule has 0 unspecified atom stereocenters. The number of nitrogens with one attached hydrogen (secondary N) is 1. The van der Waals surface area contributed by atoms with Gasteiger partial charge in [0.15, 0.2) is 14.6 Å². The van der Waals surface area contributed by atoms with E-state index in [1.807, 2.05) is 45.0 Å². The van der Waals surface area contributed by atoms with Gasteiger partial charge in [-0.05, 0) is 70.0 Å². The van der Waals surface area contributed by atoms with Gasteiger partial charge in [0.05, 0.1) is 4.90 Å². The van der Waals surface area contributed by atoms with Crippen molar-refractivity contribution in [3.63, 3.8) is 0 Å². The number of rotatable bonds is 6. The van der Waals surface area contributed by atoms with Crippen LogP contribution in [0, 0.1) is 6.92 Å². The van der Waals surface area contributed by atoms with E-state index in [4.69, 9.17) is 4.74 Å². The van der Waals surface area contributed by atoms with Crippen molar-refractivity contribution in [2.24, 2.45) is 0 Å². The number of sulfone groups is 1. The Labute approximate surface area is 177 Å². The average molecular weight is 433 g/mol. The van der Waals surface area contributed by atoms with Crippen LogP contribution in [0.4, 0.5) is 0 Å². The van der Waals surface area contributed by atoms with Crippen LogP contribution in [0.3, 0.4) is 0 Å². The predicted molar refractivity (Wildman–Crippen MR) is 113 cm³/mol. The summed E-state index contributed by atoms with van der Waals surface area (Å²) in [5, 5.41) is 9.27. The number of piperidine rings is 1. The molecule has 1 saturated heterocycles. The molecule has 0 aliphatic carbocycles. The normalized spacial score (nSPS) is 17.0. The molecular weight excluding hydrogens is 404 g/mol. The number of likely N-dealkylation sites (tertiary alicyclic amines) is 1. The van der Waals surface area contributed by atoms with Crippen LogP contribution < -0.4 is 10.2 Å². The van der Waals surface area contributed by atoms with Gasteiger partial charge in [-0.15, -0.1) is 0 Å². The van der Waals surface area contributed by atoms with Crippen LogP contribution in [0.2, 0.25) is 0 Å². The lowest BCUT2D eigenvalue weighted by molar-refractivity contribution is -0.133. The number of aryl methyl sites for hydroxylation is 1. The number of hydrogen-bond acceptors (Lipinski definition) is 6. The molecule has 2 aromatic rings. The van der Waals surface area contributed by atoms with Crippen LogP contribution in [0.1, 0.15) is 32.3 Å². The molecule has 0 radical (unpaired) electrons. The molecule has 3 rings (SSSR count). The van der Waals surface area contributed by atoms with Crippen LogP contribution in [0.15, 0.2) is 53.4 Å². The number of ether oxygens (including phenoxy) is 1. The Morgan fingerprint density at radius 3 is 2.00 bits per heavy atom. The summed E-state index contributed by atoms with van der Waals surface area (Å²) in [7, 11) is -4.03. The van der Waals surface area contributed by atoms with Crippen molar-refractivity contribution in [1.29, 1.82) is 0 Å². The summed E-state index contributed by atoms with van der Waals surface area (Å²) in [6.07, 6.45) is 0.225. The number of hydrogen-bond donors (Lipinski definition) is 2. The Hall–Kier alpha value is -2.42. The first-order valence-electron chi connectivity index (χ1n) is 9.97. The van der Waals surface area contributed by atoms with Crippen molar-refractivity contribution < 1.29 is 23.2 Å². The Morgan fingerprint density at radius 2 is 1.53 bits per heavy atom. The van der Waals surface area contributed by atoms with E-state index in [2.05, 4.69) is 4.90 Å². The Bertz CT molecular complexity index is 977. The number of carbonyl (C=O) groups is 1. The minimum Gasteiger partial charge on any atom is -0.457 e. The third-order valence-electron chi connectivity index (χ3n) is 5.76. The lowest BCUT2D eigenvalue weighted by atomic mass is 9.94. The van der Waals surface area contributed by atoms with Gasteiger partial charge < -0.3 is 9.64 Å². The molecule has 0 aromatic heterocycles. The van der Waals surface area contributed by atoms with Crippen molar-refractivity contribution >= 4 is 15.7 Å². The highest BCUT2D eigenvalue weighted by atomic mass is 32.2. The zero-order valence-electron chi connectivity index (χ0n) is 17.5. The minimum absolute atomic E-state index is 0.0281. The minimum atomic E-state index is -4.03. The lowest BCUT2D eigenvalue weighted by Gasteiger charge is -2.40. The lowest BCUT2D eigenvalue weighted by Crippen LogP contribution is -2.58. The molecule has 1 amide bonds. The van der Waals surface area contributed by atoms with Crippen molar-refractivity contribution in [3.05, 3.63) is 54.1 Å². The molecule has 1 aliphatic heterocycles. The van der Waals surface area contributed by atoms with Gasteiger partial charge >= 0.3 is 0 Å². The Kier molecular flexibility index (Phi) is 6.50. The first-order chi connectivity index (χ1) is 14.2. The van der Waals surface area contributed by atoms with Gasteiger partial charge in [0.2, 0.25) is 0 Å². The number of benzene rings is 2. The molecule has 30 heavy (non-hydrogen) atoms. The van der Waals surface area contributed by atoms with Gasteiger partial charge in [0, 0.05) is 19.1 Å². The highest BCUT2D eigenvalue weighted by Crippen LogP contribution is 2.37. The maximum absolute atomic E-state index is 13.5. The van der Waals surface area contributed by atoms with E-state index in [-0.39, 0.29) is 23.8 Å². The van der Waals surface area contributed by atoms with Crippen molar-refractivity contribution in [3.8, 4) is 11.5 Å². The van der Waals surface area contributed by atoms with Crippen molar-refractivity contribution in [1.82, 2.24) is 10.4 Å². The molecular formula is C22H28N2O5S. The number of hydroxylamine groups is 1. The van der Waals surface area contributed by atoms with E-state index in [1.54, 1.807) is 17.6 Å². The summed E-state index contributed by atoms with van der Waals surface area (Å²) in [5.41, 5.74) is 2.69. The molecule has 2 N–H and O–H groups in total. The quantitative estimate of drug-likeness (QED) is 0.537. The van der Waals surface area contributed by atoms with E-state index < -0.39 is 20.5 Å². The molecule has 2 aromatic carbocycles. The summed E-state index contributed by atoms with van der Waals surface area (Å²) < 4.78 is 31.0. The van der Waals surface area contributed by atoms with Gasteiger partial charge in [0.1, 0.15) is 11.5 Å². The molecule has 162 valence electrons. The second-order valence-corrected chi connectivity index (χ2v) is 10.2. The predicted octanol–water partition coefficient (Wildman–Crippen LogP) is 3.31. The van der Waals surface area contributed by atoms with Crippen LogP contribution in [-0.4, -0.2) is 48.3 Å². The topological polar surface area (TPSA) is 95.9 Å². The van der Waals surface area contributed by atoms with E-state index in [0.717, 1.165) is 5.56 Å². The van der Waals surface area contributed by atoms with Gasteiger partial charge in [-0.25, -0.2) is 13.9 Å². The van der Waals surface area contributed by atoms with Crippen molar-refractivity contribution in [2.75, 3.05) is 13.1 Å². The van der Waals surface area contributed by atoms with Crippen LogP contribution in [0.25, 0.3) is 0 Å². The summed E-state index contributed by atoms with van der Waals surface area (Å²) >= 11 is 0. The second kappa shape index (κ2) is 8.75. The monoisotopic (exact) mass is 432 g/mol. The van der Waals surface area contributed by atoms with Crippen LogP contribution in [0.5, 0.6) is 11.5 Å². The first kappa shape index (κ1) is 22.3. The molecule has 8 heteroatoms. The molecule has 0 atom stereocenters. The standard InChI is InChI=1S/C22H28N2O5S/c1-16(2)24-14-12-22(13-15-24,21(25)23-26)30(27,28)20-10-8-19(9-11-20)29-18-6-4-17(3)5-7-18/h4-11,16,26H,12-15H2,1-3H3,(H,23,25). The van der Waals surface area contributed by atoms with E-state index in [9.17, 15) is 18.4 Å². The third-order valence-corrected chi connectivity index (χ3v) is 8.27. The molecule has 7 nitrogen and oxygen atoms in total. The van der Waals surface area contributed by atoms with Crippen LogP contribution >= 0.6 is 0 Å². The van der Waals surface area contributed by atoms with E-state index in [0.29, 0.717) is 24.6 Å².